The molecule has 2 rings (SSSR count). The van der Waals surface area contributed by atoms with Crippen LogP contribution < -0.4 is 0 Å². The van der Waals surface area contributed by atoms with E-state index in [9.17, 15) is 10.2 Å². The second-order valence-electron chi connectivity index (χ2n) is 15.0. The van der Waals surface area contributed by atoms with E-state index < -0.39 is 33.3 Å². The fourth-order valence-corrected chi connectivity index (χ4v) is 21.8. The van der Waals surface area contributed by atoms with Gasteiger partial charge in [0.1, 0.15) is 11.5 Å². The van der Waals surface area contributed by atoms with E-state index in [4.69, 9.17) is 8.23 Å². The lowest BCUT2D eigenvalue weighted by atomic mass is 9.76. The molecule has 0 bridgehead atoms. The highest BCUT2D eigenvalue weighted by Crippen LogP contribution is 2.37. The van der Waals surface area contributed by atoms with Crippen LogP contribution in [0.1, 0.15) is 48.9 Å². The summed E-state index contributed by atoms with van der Waals surface area (Å²) in [5, 5.41) is 21.3. The average molecular weight is 605 g/mol. The zero-order valence-electron chi connectivity index (χ0n) is 26.9. The van der Waals surface area contributed by atoms with Gasteiger partial charge in [-0.3, -0.25) is 0 Å². The van der Waals surface area contributed by atoms with Gasteiger partial charge in [-0.25, -0.2) is 0 Å². The van der Waals surface area contributed by atoms with E-state index in [1.54, 1.807) is 0 Å². The minimum Gasteiger partial charge on any atom is -0.508 e. The van der Waals surface area contributed by atoms with Gasteiger partial charge in [0.2, 0.25) is 0 Å². The van der Waals surface area contributed by atoms with Crippen LogP contribution in [-0.4, -0.2) is 43.5 Å². The van der Waals surface area contributed by atoms with E-state index in [0.717, 1.165) is 48.9 Å². The van der Waals surface area contributed by atoms with Gasteiger partial charge in [0.15, 0.2) is 33.3 Å². The molecule has 0 aromatic heterocycles. The van der Waals surface area contributed by atoms with E-state index in [1.807, 2.05) is 24.3 Å². The monoisotopic (exact) mass is 604 g/mol. The van der Waals surface area contributed by atoms with Crippen molar-refractivity contribution in [3.8, 4) is 11.5 Å². The zero-order chi connectivity index (χ0) is 29.9. The third-order valence-electron chi connectivity index (χ3n) is 7.22. The highest BCUT2D eigenvalue weighted by molar-refractivity contribution is 6.84. The van der Waals surface area contributed by atoms with Gasteiger partial charge in [0.05, 0.1) is 0 Å². The molecule has 0 aliphatic rings. The highest BCUT2D eigenvalue weighted by atomic mass is 28.4. The van der Waals surface area contributed by atoms with Crippen LogP contribution in [0.5, 0.6) is 11.5 Å². The highest BCUT2D eigenvalue weighted by Gasteiger charge is 2.31. The summed E-state index contributed by atoms with van der Waals surface area (Å²) in [7, 11) is -6.51. The van der Waals surface area contributed by atoms with Crippen molar-refractivity contribution < 1.29 is 18.4 Å². The van der Waals surface area contributed by atoms with Gasteiger partial charge in [-0.1, -0.05) is 38.1 Å². The number of rotatable bonds is 14. The number of benzene rings is 2. The first kappa shape index (κ1) is 34.0. The molecule has 8 heteroatoms. The molecule has 2 N–H and O–H groups in total. The predicted molar refractivity (Wildman–Crippen MR) is 178 cm³/mol. The van der Waals surface area contributed by atoms with E-state index in [0.29, 0.717) is 11.5 Å². The molecule has 220 valence electrons. The summed E-state index contributed by atoms with van der Waals surface area (Å²) in [6, 6.07) is 14.3. The van der Waals surface area contributed by atoms with Gasteiger partial charge in [-0.2, -0.15) is 0 Å². The maximum atomic E-state index is 10.7. The van der Waals surface area contributed by atoms with Gasteiger partial charge in [-0.15, -0.1) is 0 Å². The summed E-state index contributed by atoms with van der Waals surface area (Å²) in [4.78, 5) is 0. The Morgan fingerprint density at radius 3 is 1.23 bits per heavy atom. The summed E-state index contributed by atoms with van der Waals surface area (Å²) < 4.78 is 13.0. The van der Waals surface area contributed by atoms with E-state index in [1.165, 1.54) is 11.1 Å². The fraction of sp³-hybridized carbons (Fsp3) is 0.613. The minimum atomic E-state index is -1.71. The molecule has 0 unspecified atom stereocenters. The van der Waals surface area contributed by atoms with Crippen LogP contribution in [0.25, 0.3) is 0 Å². The quantitative estimate of drug-likeness (QED) is 0.211. The van der Waals surface area contributed by atoms with Crippen LogP contribution in [0.2, 0.25) is 77.6 Å². The molecular weight excluding hydrogens is 549 g/mol. The Labute approximate surface area is 243 Å². The molecule has 0 aliphatic carbocycles. The van der Waals surface area contributed by atoms with E-state index in [2.05, 4.69) is 91.5 Å². The van der Waals surface area contributed by atoms with Crippen molar-refractivity contribution in [1.82, 2.24) is 0 Å². The maximum Gasteiger partial charge on any atom is 0.173 e. The lowest BCUT2D eigenvalue weighted by molar-refractivity contribution is 0.465. The van der Waals surface area contributed by atoms with Crippen molar-refractivity contribution in [3.63, 3.8) is 0 Å². The molecule has 0 saturated carbocycles. The Kier molecular flexibility index (Phi) is 11.1. The molecular formula is C31H56O4Si4. The summed E-state index contributed by atoms with van der Waals surface area (Å²) in [5.74, 6) is 0.748. The van der Waals surface area contributed by atoms with Crippen LogP contribution in [0.4, 0.5) is 0 Å². The Bertz CT molecular complexity index is 1010. The summed E-state index contributed by atoms with van der Waals surface area (Å²) >= 11 is 0. The Balaban J connectivity index is 2.16. The second kappa shape index (κ2) is 12.8. The number of hydrogen-bond acceptors (Lipinski definition) is 4. The fourth-order valence-electron chi connectivity index (χ4n) is 5.68. The van der Waals surface area contributed by atoms with Crippen LogP contribution in [0, 0.1) is 0 Å². The molecule has 0 fully saturated rings. The molecule has 0 spiro atoms. The van der Waals surface area contributed by atoms with Gasteiger partial charge < -0.3 is 18.4 Å². The molecule has 0 amide bonds. The van der Waals surface area contributed by atoms with Crippen molar-refractivity contribution in [2.75, 3.05) is 0 Å². The van der Waals surface area contributed by atoms with Crippen molar-refractivity contribution in [1.29, 1.82) is 0 Å². The molecule has 4 nitrogen and oxygen atoms in total. The molecule has 0 heterocycles. The number of hydrogen-bond donors (Lipinski definition) is 2. The molecule has 2 aromatic rings. The SMILES string of the molecule is CC(C)(c1ccc(O)c(CCC[Si](C)(C)O[Si](C)(C)C)c1)c1ccc(O)c(CCC[Si](C)(C)O[Si](C)(C)C)c1. The predicted octanol–water partition coefficient (Wildman–Crippen LogP) is 9.40. The largest absolute Gasteiger partial charge is 0.508 e. The smallest absolute Gasteiger partial charge is 0.173 e. The third kappa shape index (κ3) is 11.3. The lowest BCUT2D eigenvalue weighted by Gasteiger charge is -2.31. The number of phenolic OH excluding ortho intramolecular Hbond substituents is 2. The number of phenols is 2. The minimum absolute atomic E-state index is 0.255. The number of aryl methyl sites for hydroxylation is 2. The molecule has 2 aromatic carbocycles. The topological polar surface area (TPSA) is 58.9 Å². The zero-order valence-corrected chi connectivity index (χ0v) is 30.9. The van der Waals surface area contributed by atoms with Gasteiger partial charge in [0, 0.05) is 5.41 Å². The first-order valence-electron chi connectivity index (χ1n) is 14.7. The third-order valence-corrected chi connectivity index (χ3v) is 19.7. The summed E-state index contributed by atoms with van der Waals surface area (Å²) in [6.45, 7) is 27.3. The van der Waals surface area contributed by atoms with E-state index in [-0.39, 0.29) is 5.41 Å². The second-order valence-corrected chi connectivity index (χ2v) is 33.1. The Morgan fingerprint density at radius 2 is 0.923 bits per heavy atom. The van der Waals surface area contributed by atoms with Crippen molar-refractivity contribution in [2.24, 2.45) is 0 Å². The van der Waals surface area contributed by atoms with Crippen molar-refractivity contribution in [3.05, 3.63) is 58.7 Å². The summed E-state index contributed by atoms with van der Waals surface area (Å²) in [5.41, 5.74) is 4.12. The molecule has 39 heavy (non-hydrogen) atoms. The summed E-state index contributed by atoms with van der Waals surface area (Å²) in [6.07, 6.45) is 3.74. The lowest BCUT2D eigenvalue weighted by Crippen LogP contribution is -2.42. The van der Waals surface area contributed by atoms with Crippen LogP contribution in [0.3, 0.4) is 0 Å². The van der Waals surface area contributed by atoms with Gasteiger partial charge in [0.25, 0.3) is 0 Å². The molecule has 0 aliphatic heterocycles. The first-order valence-corrected chi connectivity index (χ1v) is 27.7. The molecule has 0 atom stereocenters. The van der Waals surface area contributed by atoms with Crippen molar-refractivity contribution in [2.45, 2.75) is 123 Å². The Hall–Kier alpha value is -1.17. The molecule has 0 saturated heterocycles. The maximum absolute atomic E-state index is 10.7. The van der Waals surface area contributed by atoms with Crippen LogP contribution in [0.15, 0.2) is 36.4 Å². The number of aromatic hydroxyl groups is 2. The van der Waals surface area contributed by atoms with Crippen LogP contribution >= 0.6 is 0 Å². The normalized spacial score (nSPS) is 13.6. The standard InChI is InChI=1S/C31H56O4Si4/c1-31(2,27-17-19-29(32)25(23-27)15-13-21-38(9,10)34-36(3,4)5)28-18-20-30(33)26(24-28)16-14-22-39(11,12)35-37(6,7)8/h17-20,23-24,32-33H,13-16,21-22H2,1-12H3. The van der Waals surface area contributed by atoms with E-state index >= 15 is 0 Å². The van der Waals surface area contributed by atoms with Gasteiger partial charge >= 0.3 is 0 Å². The Morgan fingerprint density at radius 1 is 0.590 bits per heavy atom. The first-order chi connectivity index (χ1) is 17.6. The van der Waals surface area contributed by atoms with Crippen LogP contribution in [-0.2, 0) is 26.5 Å². The van der Waals surface area contributed by atoms with Gasteiger partial charge in [-0.05, 0) is 138 Å². The molecule has 0 radical (unpaired) electrons. The van der Waals surface area contributed by atoms with Crippen molar-refractivity contribution >= 4 is 33.3 Å². The average Bonchev–Trinajstić information content (AvgIpc) is 2.72.